The molecule has 2 unspecified atom stereocenters. The quantitative estimate of drug-likeness (QED) is 0.893. The molecule has 5 nitrogen and oxygen atoms in total. The van der Waals surface area contributed by atoms with E-state index in [0.717, 1.165) is 44.0 Å². The molecule has 0 aromatic carbocycles. The molecule has 2 saturated heterocycles. The van der Waals surface area contributed by atoms with Crippen molar-refractivity contribution in [1.29, 1.82) is 0 Å². The van der Waals surface area contributed by atoms with E-state index in [1.165, 1.54) is 12.8 Å². The highest BCUT2D eigenvalue weighted by molar-refractivity contribution is 5.95. The maximum atomic E-state index is 12.5. The summed E-state index contributed by atoms with van der Waals surface area (Å²) in [6.07, 6.45) is 6.03. The van der Waals surface area contributed by atoms with Gasteiger partial charge < -0.3 is 15.5 Å². The Labute approximate surface area is 126 Å². The Hall–Kier alpha value is -1.62. The summed E-state index contributed by atoms with van der Waals surface area (Å²) in [5.41, 5.74) is 0.857. The molecule has 1 amide bonds. The minimum absolute atomic E-state index is 0.105. The summed E-state index contributed by atoms with van der Waals surface area (Å²) in [5, 5.41) is 6.49. The minimum Gasteiger partial charge on any atom is -0.355 e. The topological polar surface area (TPSA) is 57.3 Å². The number of nitrogens with zero attached hydrogens (tertiary/aromatic N) is 2. The molecule has 1 aromatic heterocycles. The minimum atomic E-state index is 0.105. The smallest absolute Gasteiger partial charge is 0.227 e. The van der Waals surface area contributed by atoms with Gasteiger partial charge in [-0.3, -0.25) is 4.79 Å². The number of anilines is 2. The van der Waals surface area contributed by atoms with Crippen LogP contribution in [-0.4, -0.2) is 36.6 Å². The van der Waals surface area contributed by atoms with E-state index in [-0.39, 0.29) is 11.8 Å². The van der Waals surface area contributed by atoms with Crippen molar-refractivity contribution in [2.45, 2.75) is 38.6 Å². The average molecular weight is 288 g/mol. The van der Waals surface area contributed by atoms with Gasteiger partial charge in [-0.1, -0.05) is 0 Å². The van der Waals surface area contributed by atoms with Crippen LogP contribution in [0.5, 0.6) is 0 Å². The van der Waals surface area contributed by atoms with Crippen LogP contribution in [0.4, 0.5) is 11.5 Å². The van der Waals surface area contributed by atoms with Gasteiger partial charge in [0, 0.05) is 31.2 Å². The third-order valence-corrected chi connectivity index (χ3v) is 4.44. The summed E-state index contributed by atoms with van der Waals surface area (Å²) >= 11 is 0. The molecule has 2 aliphatic heterocycles. The van der Waals surface area contributed by atoms with E-state index in [9.17, 15) is 4.79 Å². The van der Waals surface area contributed by atoms with Gasteiger partial charge in [0.15, 0.2) is 5.82 Å². The second kappa shape index (κ2) is 6.43. The average Bonchev–Trinajstić information content (AvgIpc) is 3.02. The van der Waals surface area contributed by atoms with Crippen molar-refractivity contribution in [2.24, 2.45) is 5.92 Å². The molecule has 0 bridgehead atoms. The number of hydrogen-bond donors (Lipinski definition) is 2. The molecule has 0 saturated carbocycles. The molecule has 2 N–H and O–H groups in total. The molecule has 114 valence electrons. The Morgan fingerprint density at radius 3 is 3.00 bits per heavy atom. The molecule has 0 aliphatic carbocycles. The first-order valence-electron chi connectivity index (χ1n) is 7.98. The Balaban J connectivity index is 1.70. The van der Waals surface area contributed by atoms with Gasteiger partial charge in [-0.15, -0.1) is 0 Å². The number of amides is 1. The fourth-order valence-electron chi connectivity index (χ4n) is 3.28. The van der Waals surface area contributed by atoms with Crippen LogP contribution in [0.3, 0.4) is 0 Å². The van der Waals surface area contributed by atoms with Crippen LogP contribution in [0.2, 0.25) is 0 Å². The number of carbonyl (C=O) groups excluding carboxylic acids is 1. The molecule has 21 heavy (non-hydrogen) atoms. The zero-order chi connectivity index (χ0) is 14.7. The number of carbonyl (C=O) groups is 1. The third-order valence-electron chi connectivity index (χ3n) is 4.44. The molecule has 2 atom stereocenters. The maximum Gasteiger partial charge on any atom is 0.227 e. The molecule has 3 rings (SSSR count). The Morgan fingerprint density at radius 2 is 2.24 bits per heavy atom. The predicted molar refractivity (Wildman–Crippen MR) is 84.5 cm³/mol. The highest BCUT2D eigenvalue weighted by atomic mass is 16.1. The van der Waals surface area contributed by atoms with Crippen LogP contribution in [-0.2, 0) is 4.79 Å². The van der Waals surface area contributed by atoms with E-state index in [0.29, 0.717) is 6.04 Å². The van der Waals surface area contributed by atoms with Crippen molar-refractivity contribution < 1.29 is 4.79 Å². The van der Waals surface area contributed by atoms with Gasteiger partial charge >= 0.3 is 0 Å². The zero-order valence-corrected chi connectivity index (χ0v) is 12.6. The standard InChI is InChI=1S/C16H24N4O/c1-12-11-13(6-8-17-12)16(21)19-14-5-4-7-18-15(14)20-9-2-3-10-20/h4-5,7,12-13,17H,2-3,6,8-11H2,1H3,(H,19,21). The number of aromatic nitrogens is 1. The van der Waals surface area contributed by atoms with Crippen molar-refractivity contribution >= 4 is 17.4 Å². The molecular formula is C16H24N4O. The van der Waals surface area contributed by atoms with Crippen LogP contribution >= 0.6 is 0 Å². The van der Waals surface area contributed by atoms with Crippen molar-refractivity contribution in [1.82, 2.24) is 10.3 Å². The Kier molecular flexibility index (Phi) is 4.39. The molecule has 2 aliphatic rings. The SMILES string of the molecule is CC1CC(C(=O)Nc2cccnc2N2CCCC2)CCN1. The van der Waals surface area contributed by atoms with Gasteiger partial charge in [0.2, 0.25) is 5.91 Å². The van der Waals surface area contributed by atoms with Gasteiger partial charge in [0.05, 0.1) is 5.69 Å². The number of rotatable bonds is 3. The van der Waals surface area contributed by atoms with Crippen LogP contribution in [0.25, 0.3) is 0 Å². The van der Waals surface area contributed by atoms with Crippen molar-refractivity contribution in [3.63, 3.8) is 0 Å². The number of piperidine rings is 1. The molecule has 1 aromatic rings. The van der Waals surface area contributed by atoms with Crippen molar-refractivity contribution in [2.75, 3.05) is 29.9 Å². The molecule has 0 radical (unpaired) electrons. The fraction of sp³-hybridized carbons (Fsp3) is 0.625. The van der Waals surface area contributed by atoms with Crippen molar-refractivity contribution in [3.8, 4) is 0 Å². The lowest BCUT2D eigenvalue weighted by Crippen LogP contribution is -2.40. The predicted octanol–water partition coefficient (Wildman–Crippen LogP) is 2.01. The van der Waals surface area contributed by atoms with Crippen molar-refractivity contribution in [3.05, 3.63) is 18.3 Å². The first kappa shape index (κ1) is 14.3. The summed E-state index contributed by atoms with van der Waals surface area (Å²) in [6.45, 7) is 5.12. The Bertz CT molecular complexity index is 499. The second-order valence-corrected chi connectivity index (χ2v) is 6.13. The van der Waals surface area contributed by atoms with E-state index in [4.69, 9.17) is 0 Å². The lowest BCUT2D eigenvalue weighted by molar-refractivity contribution is -0.120. The van der Waals surface area contributed by atoms with E-state index >= 15 is 0 Å². The molecule has 0 spiro atoms. The van der Waals surface area contributed by atoms with Gasteiger partial charge in [0.1, 0.15) is 0 Å². The van der Waals surface area contributed by atoms with Gasteiger partial charge in [-0.2, -0.15) is 0 Å². The molecule has 2 fully saturated rings. The van der Waals surface area contributed by atoms with Crippen LogP contribution in [0, 0.1) is 5.92 Å². The van der Waals surface area contributed by atoms with E-state index in [1.807, 2.05) is 12.1 Å². The number of pyridine rings is 1. The summed E-state index contributed by atoms with van der Waals surface area (Å²) in [4.78, 5) is 19.2. The fourth-order valence-corrected chi connectivity index (χ4v) is 3.28. The third kappa shape index (κ3) is 3.35. The molecule has 3 heterocycles. The highest BCUT2D eigenvalue weighted by Gasteiger charge is 2.26. The second-order valence-electron chi connectivity index (χ2n) is 6.13. The van der Waals surface area contributed by atoms with E-state index < -0.39 is 0 Å². The Morgan fingerprint density at radius 1 is 1.43 bits per heavy atom. The molecule has 5 heteroatoms. The van der Waals surface area contributed by atoms with Gasteiger partial charge in [-0.25, -0.2) is 4.98 Å². The van der Waals surface area contributed by atoms with Crippen LogP contribution in [0.15, 0.2) is 18.3 Å². The summed E-state index contributed by atoms with van der Waals surface area (Å²) in [5.74, 6) is 1.16. The lowest BCUT2D eigenvalue weighted by atomic mass is 9.92. The summed E-state index contributed by atoms with van der Waals surface area (Å²) in [6, 6.07) is 4.27. The molecular weight excluding hydrogens is 264 g/mol. The monoisotopic (exact) mass is 288 g/mol. The first-order valence-corrected chi connectivity index (χ1v) is 7.98. The van der Waals surface area contributed by atoms with Crippen LogP contribution in [0.1, 0.15) is 32.6 Å². The maximum absolute atomic E-state index is 12.5. The largest absolute Gasteiger partial charge is 0.355 e. The van der Waals surface area contributed by atoms with Crippen LogP contribution < -0.4 is 15.5 Å². The summed E-state index contributed by atoms with van der Waals surface area (Å²) < 4.78 is 0. The number of hydrogen-bond acceptors (Lipinski definition) is 4. The zero-order valence-electron chi connectivity index (χ0n) is 12.6. The number of nitrogens with one attached hydrogen (secondary N) is 2. The van der Waals surface area contributed by atoms with Gasteiger partial charge in [-0.05, 0) is 51.3 Å². The first-order chi connectivity index (χ1) is 10.2. The normalized spacial score (nSPS) is 25.9. The van der Waals surface area contributed by atoms with Gasteiger partial charge in [0.25, 0.3) is 0 Å². The van der Waals surface area contributed by atoms with E-state index in [2.05, 4.69) is 27.4 Å². The highest BCUT2D eigenvalue weighted by Crippen LogP contribution is 2.27. The lowest BCUT2D eigenvalue weighted by Gasteiger charge is -2.28. The summed E-state index contributed by atoms with van der Waals surface area (Å²) in [7, 11) is 0. The van der Waals surface area contributed by atoms with E-state index in [1.54, 1.807) is 6.20 Å².